The molecule has 1 aliphatic heterocycles. The van der Waals surface area contributed by atoms with Gasteiger partial charge in [-0.3, -0.25) is 9.55 Å². The van der Waals surface area contributed by atoms with Crippen LogP contribution in [-0.4, -0.2) is 35.4 Å². The first-order valence-electron chi connectivity index (χ1n) is 7.47. The lowest BCUT2D eigenvalue weighted by molar-refractivity contribution is 0.260. The summed E-state index contributed by atoms with van der Waals surface area (Å²) in [6.07, 6.45) is 1.71. The third-order valence-corrected chi connectivity index (χ3v) is 6.18. The summed E-state index contributed by atoms with van der Waals surface area (Å²) in [5.41, 5.74) is 1.73. The van der Waals surface area contributed by atoms with E-state index in [0.29, 0.717) is 18.6 Å². The number of nitrogens with zero attached hydrogens (tertiary/aromatic N) is 3. The predicted molar refractivity (Wildman–Crippen MR) is 87.2 cm³/mol. The van der Waals surface area contributed by atoms with Gasteiger partial charge in [0.25, 0.3) is 0 Å². The number of hydrogen-bond acceptors (Lipinski definition) is 5. The van der Waals surface area contributed by atoms with Crippen molar-refractivity contribution in [2.45, 2.75) is 10.8 Å². The molecule has 0 amide bonds. The van der Waals surface area contributed by atoms with Gasteiger partial charge in [0.1, 0.15) is 0 Å². The largest absolute Gasteiger partial charge is 0.419 e. The van der Waals surface area contributed by atoms with Crippen LogP contribution < -0.4 is 5.76 Å². The van der Waals surface area contributed by atoms with Crippen LogP contribution in [0, 0.1) is 0 Å². The molecule has 3 heterocycles. The van der Waals surface area contributed by atoms with Crippen LogP contribution in [0.4, 0.5) is 0 Å². The maximum Gasteiger partial charge on any atom is 0.419 e. The molecular weight excluding hydrogens is 330 g/mol. The number of rotatable bonds is 3. The van der Waals surface area contributed by atoms with Gasteiger partial charge in [0.15, 0.2) is 5.58 Å². The van der Waals surface area contributed by atoms with Gasteiger partial charge in [0, 0.05) is 44.0 Å². The van der Waals surface area contributed by atoms with Gasteiger partial charge in [0.05, 0.1) is 10.4 Å². The Kier molecular flexibility index (Phi) is 3.33. The molecule has 0 aliphatic carbocycles. The number of pyridine rings is 1. The minimum absolute atomic E-state index is 0.111. The third-order valence-electron chi connectivity index (χ3n) is 4.36. The molecule has 7 nitrogen and oxygen atoms in total. The van der Waals surface area contributed by atoms with Gasteiger partial charge in [-0.05, 0) is 24.3 Å². The molecule has 1 fully saturated rings. The van der Waals surface area contributed by atoms with Gasteiger partial charge in [0.2, 0.25) is 10.0 Å². The highest BCUT2D eigenvalue weighted by Crippen LogP contribution is 2.31. The fourth-order valence-corrected chi connectivity index (χ4v) is 4.41. The monoisotopic (exact) mass is 345 g/mol. The van der Waals surface area contributed by atoms with Crippen molar-refractivity contribution >= 4 is 21.1 Å². The molecule has 3 aromatic rings. The SMILES string of the molecule is Cn1c(=O)oc2cc(S(=O)(=O)N3CC(c4ccccn4)C3)ccc21. The lowest BCUT2D eigenvalue weighted by Crippen LogP contribution is -2.48. The molecule has 124 valence electrons. The van der Waals surface area contributed by atoms with E-state index < -0.39 is 15.8 Å². The predicted octanol–water partition coefficient (Wildman–Crippen LogP) is 1.31. The van der Waals surface area contributed by atoms with Crippen molar-refractivity contribution in [2.24, 2.45) is 7.05 Å². The smallest absolute Gasteiger partial charge is 0.408 e. The standard InChI is InChI=1S/C16H15N3O4S/c1-18-14-6-5-12(8-15(14)23-16(18)20)24(21,22)19-9-11(10-19)13-4-2-3-7-17-13/h2-8,11H,9-10H2,1H3. The Morgan fingerprint density at radius 3 is 2.71 bits per heavy atom. The van der Waals surface area contributed by atoms with E-state index in [4.69, 9.17) is 4.42 Å². The minimum atomic E-state index is -3.60. The van der Waals surface area contributed by atoms with Gasteiger partial charge in [-0.15, -0.1) is 0 Å². The van der Waals surface area contributed by atoms with E-state index in [9.17, 15) is 13.2 Å². The average Bonchev–Trinajstić information content (AvgIpc) is 2.81. The minimum Gasteiger partial charge on any atom is -0.408 e. The Balaban J connectivity index is 1.61. The highest BCUT2D eigenvalue weighted by atomic mass is 32.2. The molecule has 0 unspecified atom stereocenters. The van der Waals surface area contributed by atoms with Crippen LogP contribution in [0.3, 0.4) is 0 Å². The highest BCUT2D eigenvalue weighted by molar-refractivity contribution is 7.89. The van der Waals surface area contributed by atoms with Crippen molar-refractivity contribution in [3.63, 3.8) is 0 Å². The van der Waals surface area contributed by atoms with Gasteiger partial charge in [-0.25, -0.2) is 13.2 Å². The Morgan fingerprint density at radius 1 is 1.21 bits per heavy atom. The van der Waals surface area contributed by atoms with Gasteiger partial charge in [-0.2, -0.15) is 4.31 Å². The summed E-state index contributed by atoms with van der Waals surface area (Å²) in [5.74, 6) is -0.405. The number of aryl methyl sites for hydroxylation is 1. The lowest BCUT2D eigenvalue weighted by atomic mass is 9.99. The van der Waals surface area contributed by atoms with Crippen molar-refractivity contribution in [2.75, 3.05) is 13.1 Å². The molecule has 0 saturated carbocycles. The molecule has 4 rings (SSSR count). The van der Waals surface area contributed by atoms with Gasteiger partial charge >= 0.3 is 5.76 Å². The van der Waals surface area contributed by atoms with Crippen molar-refractivity contribution in [3.8, 4) is 0 Å². The quantitative estimate of drug-likeness (QED) is 0.714. The van der Waals surface area contributed by atoms with E-state index in [2.05, 4.69) is 4.98 Å². The zero-order chi connectivity index (χ0) is 16.9. The lowest BCUT2D eigenvalue weighted by Gasteiger charge is -2.37. The van der Waals surface area contributed by atoms with E-state index in [1.165, 1.54) is 21.0 Å². The average molecular weight is 345 g/mol. The first-order chi connectivity index (χ1) is 11.5. The van der Waals surface area contributed by atoms with Crippen LogP contribution in [0.15, 0.2) is 56.7 Å². The van der Waals surface area contributed by atoms with E-state index in [-0.39, 0.29) is 16.4 Å². The number of fused-ring (bicyclic) bond motifs is 1. The Labute approximate surface area is 138 Å². The summed E-state index contributed by atoms with van der Waals surface area (Å²) in [4.78, 5) is 15.9. The summed E-state index contributed by atoms with van der Waals surface area (Å²) in [5, 5.41) is 0. The third kappa shape index (κ3) is 2.26. The summed E-state index contributed by atoms with van der Waals surface area (Å²) in [6, 6.07) is 10.1. The molecule has 0 spiro atoms. The number of hydrogen-bond donors (Lipinski definition) is 0. The fraction of sp³-hybridized carbons (Fsp3) is 0.250. The molecule has 8 heteroatoms. The molecule has 0 N–H and O–H groups in total. The Bertz CT molecular complexity index is 1060. The topological polar surface area (TPSA) is 85.4 Å². The normalized spacial score (nSPS) is 16.4. The van der Waals surface area contributed by atoms with E-state index >= 15 is 0 Å². The molecule has 0 bridgehead atoms. The molecule has 2 aromatic heterocycles. The van der Waals surface area contributed by atoms with Gasteiger partial charge < -0.3 is 4.42 Å². The number of sulfonamides is 1. The molecule has 1 saturated heterocycles. The molecule has 1 aliphatic rings. The second-order valence-corrected chi connectivity index (χ2v) is 7.77. The van der Waals surface area contributed by atoms with E-state index in [1.54, 1.807) is 19.3 Å². The fourth-order valence-electron chi connectivity index (χ4n) is 2.86. The second kappa shape index (κ2) is 5.29. The summed E-state index contributed by atoms with van der Waals surface area (Å²) < 4.78 is 33.2. The maximum atomic E-state index is 12.7. The Morgan fingerprint density at radius 2 is 2.00 bits per heavy atom. The maximum absolute atomic E-state index is 12.7. The van der Waals surface area contributed by atoms with Crippen LogP contribution in [-0.2, 0) is 17.1 Å². The summed E-state index contributed by atoms with van der Waals surface area (Å²) in [7, 11) is -2.03. The van der Waals surface area contributed by atoms with Crippen LogP contribution in [0.1, 0.15) is 11.6 Å². The van der Waals surface area contributed by atoms with Crippen molar-refractivity contribution in [1.82, 2.24) is 13.9 Å². The summed E-state index contributed by atoms with van der Waals surface area (Å²) >= 11 is 0. The van der Waals surface area contributed by atoms with Crippen molar-refractivity contribution in [1.29, 1.82) is 0 Å². The van der Waals surface area contributed by atoms with Crippen LogP contribution >= 0.6 is 0 Å². The van der Waals surface area contributed by atoms with Crippen molar-refractivity contribution < 1.29 is 12.8 Å². The first kappa shape index (κ1) is 15.1. The zero-order valence-electron chi connectivity index (χ0n) is 12.9. The molecule has 0 radical (unpaired) electrons. The number of oxazole rings is 1. The van der Waals surface area contributed by atoms with Crippen LogP contribution in [0.5, 0.6) is 0 Å². The Hall–Kier alpha value is -2.45. The number of aromatic nitrogens is 2. The molecule has 0 atom stereocenters. The summed E-state index contributed by atoms with van der Waals surface area (Å²) in [6.45, 7) is 0.798. The second-order valence-electron chi connectivity index (χ2n) is 5.83. The first-order valence-corrected chi connectivity index (χ1v) is 8.91. The van der Waals surface area contributed by atoms with Crippen LogP contribution in [0.25, 0.3) is 11.1 Å². The van der Waals surface area contributed by atoms with Crippen LogP contribution in [0.2, 0.25) is 0 Å². The molecule has 1 aromatic carbocycles. The molecule has 24 heavy (non-hydrogen) atoms. The molecular formula is C16H15N3O4S. The van der Waals surface area contributed by atoms with Gasteiger partial charge in [-0.1, -0.05) is 6.07 Å². The highest BCUT2D eigenvalue weighted by Gasteiger charge is 2.38. The van der Waals surface area contributed by atoms with E-state index in [0.717, 1.165) is 5.69 Å². The van der Waals surface area contributed by atoms with E-state index in [1.807, 2.05) is 18.2 Å². The zero-order valence-corrected chi connectivity index (χ0v) is 13.7. The van der Waals surface area contributed by atoms with Crippen molar-refractivity contribution in [3.05, 3.63) is 58.8 Å². The number of benzene rings is 1.